The highest BCUT2D eigenvalue weighted by molar-refractivity contribution is 5.87. The maximum atomic E-state index is 10.2. The van der Waals surface area contributed by atoms with Crippen LogP contribution in [0.1, 0.15) is 94.3 Å². The molecule has 0 atom stereocenters. The Morgan fingerprint density at radius 2 is 1.23 bits per heavy atom. The number of benzene rings is 1. The fourth-order valence-corrected chi connectivity index (χ4v) is 3.41. The van der Waals surface area contributed by atoms with Crippen molar-refractivity contribution >= 4 is 11.9 Å². The van der Waals surface area contributed by atoms with Crippen LogP contribution in [0.4, 0.5) is 0 Å². The molecule has 31 heavy (non-hydrogen) atoms. The van der Waals surface area contributed by atoms with Crippen molar-refractivity contribution in [2.75, 3.05) is 13.2 Å². The van der Waals surface area contributed by atoms with E-state index in [1.165, 1.54) is 32.1 Å². The number of aliphatic hydroxyl groups excluding tert-OH is 2. The van der Waals surface area contributed by atoms with Crippen LogP contribution in [0.3, 0.4) is 0 Å². The van der Waals surface area contributed by atoms with Crippen LogP contribution in [0.2, 0.25) is 0 Å². The largest absolute Gasteiger partial charge is 0.481 e. The zero-order chi connectivity index (χ0) is 23.3. The lowest BCUT2D eigenvalue weighted by Gasteiger charge is -2.25. The first kappa shape index (κ1) is 29.1. The Bertz CT molecular complexity index is 540. The molecule has 4 N–H and O–H groups in total. The average molecular weight is 439 g/mol. The van der Waals surface area contributed by atoms with Crippen molar-refractivity contribution in [3.05, 3.63) is 35.9 Å². The number of aliphatic hydroxyl groups is 2. The van der Waals surface area contributed by atoms with E-state index in [-0.39, 0.29) is 0 Å². The highest BCUT2D eigenvalue weighted by atomic mass is 16.4. The van der Waals surface area contributed by atoms with E-state index in [2.05, 4.69) is 6.92 Å². The first-order chi connectivity index (χ1) is 14.9. The molecule has 0 aliphatic heterocycles. The summed E-state index contributed by atoms with van der Waals surface area (Å²) in [5.74, 6) is -0.509. The Labute approximate surface area is 187 Å². The molecule has 6 nitrogen and oxygen atoms in total. The third-order valence-corrected chi connectivity index (χ3v) is 5.50. The minimum Gasteiger partial charge on any atom is -0.481 e. The monoisotopic (exact) mass is 438 g/mol. The number of rotatable bonds is 11. The van der Waals surface area contributed by atoms with E-state index in [0.717, 1.165) is 38.5 Å². The average Bonchev–Trinajstić information content (AvgIpc) is 2.80. The van der Waals surface area contributed by atoms with Crippen LogP contribution in [0.25, 0.3) is 0 Å². The quantitative estimate of drug-likeness (QED) is 0.345. The van der Waals surface area contributed by atoms with Gasteiger partial charge in [-0.15, -0.1) is 0 Å². The van der Waals surface area contributed by atoms with Crippen molar-refractivity contribution in [2.45, 2.75) is 84.0 Å². The van der Waals surface area contributed by atoms with E-state index in [1.54, 1.807) is 30.3 Å². The molecular formula is C25H42O6. The first-order valence-electron chi connectivity index (χ1n) is 11.7. The predicted octanol–water partition coefficient (Wildman–Crippen LogP) is 5.37. The fraction of sp³-hybridized carbons (Fsp3) is 0.680. The normalized spacial score (nSPS) is 17.5. The summed E-state index contributed by atoms with van der Waals surface area (Å²) >= 11 is 0. The summed E-state index contributed by atoms with van der Waals surface area (Å²) in [5, 5.41) is 34.3. The van der Waals surface area contributed by atoms with Gasteiger partial charge in [0, 0.05) is 19.6 Å². The molecule has 0 spiro atoms. The molecule has 2 rings (SSSR count). The second kappa shape index (κ2) is 20.0. The number of hydrogen-bond donors (Lipinski definition) is 4. The summed E-state index contributed by atoms with van der Waals surface area (Å²) in [4.78, 5) is 20.3. The molecule has 0 heterocycles. The van der Waals surface area contributed by atoms with E-state index >= 15 is 0 Å². The van der Waals surface area contributed by atoms with Crippen LogP contribution in [-0.2, 0) is 4.79 Å². The van der Waals surface area contributed by atoms with E-state index < -0.39 is 11.9 Å². The number of aromatic carboxylic acids is 1. The number of aliphatic carboxylic acids is 1. The lowest BCUT2D eigenvalue weighted by Crippen LogP contribution is -2.19. The fourth-order valence-electron chi connectivity index (χ4n) is 3.41. The van der Waals surface area contributed by atoms with Gasteiger partial charge in [-0.1, -0.05) is 63.6 Å². The molecule has 1 fully saturated rings. The summed E-state index contributed by atoms with van der Waals surface area (Å²) in [6.45, 7) is 2.86. The molecule has 0 bridgehead atoms. The predicted molar refractivity (Wildman–Crippen MR) is 123 cm³/mol. The molecule has 0 unspecified atom stereocenters. The van der Waals surface area contributed by atoms with E-state index in [1.807, 2.05) is 0 Å². The molecule has 1 aliphatic carbocycles. The number of hydrogen-bond acceptors (Lipinski definition) is 4. The van der Waals surface area contributed by atoms with Gasteiger partial charge in [0.05, 0.1) is 5.56 Å². The molecule has 0 radical (unpaired) electrons. The van der Waals surface area contributed by atoms with E-state index in [4.69, 9.17) is 20.4 Å². The molecule has 178 valence electrons. The number of unbranched alkanes of at least 4 members (excludes halogenated alkanes) is 6. The maximum absolute atomic E-state index is 10.2. The van der Waals surface area contributed by atoms with Crippen LogP contribution in [0.15, 0.2) is 30.3 Å². The zero-order valence-corrected chi connectivity index (χ0v) is 19.0. The zero-order valence-electron chi connectivity index (χ0n) is 19.0. The van der Waals surface area contributed by atoms with Crippen molar-refractivity contribution in [1.29, 1.82) is 0 Å². The Kier molecular flexibility index (Phi) is 18.8. The number of carbonyl (C=O) groups is 2. The van der Waals surface area contributed by atoms with Gasteiger partial charge in [0.1, 0.15) is 0 Å². The van der Waals surface area contributed by atoms with Crippen LogP contribution in [-0.4, -0.2) is 45.6 Å². The van der Waals surface area contributed by atoms with Gasteiger partial charge < -0.3 is 20.4 Å². The second-order valence-electron chi connectivity index (χ2n) is 8.19. The van der Waals surface area contributed by atoms with Gasteiger partial charge in [-0.05, 0) is 56.1 Å². The Balaban J connectivity index is 0.000000439. The molecule has 0 saturated heterocycles. The van der Waals surface area contributed by atoms with Gasteiger partial charge >= 0.3 is 11.9 Å². The van der Waals surface area contributed by atoms with Crippen LogP contribution in [0.5, 0.6) is 0 Å². The summed E-state index contributed by atoms with van der Waals surface area (Å²) in [6.07, 6.45) is 13.0. The molecule has 1 aliphatic rings. The van der Waals surface area contributed by atoms with Crippen molar-refractivity contribution < 1.29 is 30.0 Å². The smallest absolute Gasteiger partial charge is 0.335 e. The van der Waals surface area contributed by atoms with Crippen molar-refractivity contribution in [3.63, 3.8) is 0 Å². The van der Waals surface area contributed by atoms with Crippen molar-refractivity contribution in [3.8, 4) is 0 Å². The molecule has 0 aromatic heterocycles. The minimum atomic E-state index is -0.879. The lowest BCUT2D eigenvalue weighted by molar-refractivity contribution is -0.137. The van der Waals surface area contributed by atoms with Gasteiger partial charge in [-0.3, -0.25) is 4.79 Å². The standard InChI is InChI=1S/C10H20O2.C8H16O2.C7H6O2/c1-2-3-4-5-6-7-8-9-10(11)12;9-5-7-1-2-8(6-10)4-3-7;8-7(9)6-4-2-1-3-5-6/h2-9H2,1H3,(H,11,12);7-10H,1-6H2;1-5H,(H,8,9). The minimum absolute atomic E-state index is 0.331. The number of carboxylic acids is 2. The molecule has 1 saturated carbocycles. The maximum Gasteiger partial charge on any atom is 0.335 e. The lowest BCUT2D eigenvalue weighted by atomic mass is 9.83. The topological polar surface area (TPSA) is 115 Å². The Morgan fingerprint density at radius 1 is 0.774 bits per heavy atom. The highest BCUT2D eigenvalue weighted by Crippen LogP contribution is 2.27. The van der Waals surface area contributed by atoms with Gasteiger partial charge in [0.15, 0.2) is 0 Å². The van der Waals surface area contributed by atoms with Crippen LogP contribution >= 0.6 is 0 Å². The molecule has 1 aromatic rings. The van der Waals surface area contributed by atoms with Crippen LogP contribution < -0.4 is 0 Å². The molecule has 0 amide bonds. The SMILES string of the molecule is CCCCCCCCCC(=O)O.O=C(O)c1ccccc1.OCC1CCC(CO)CC1. The van der Waals surface area contributed by atoms with Gasteiger partial charge in [0.25, 0.3) is 0 Å². The molecular weight excluding hydrogens is 396 g/mol. The van der Waals surface area contributed by atoms with Crippen molar-refractivity contribution in [2.24, 2.45) is 11.8 Å². The summed E-state index contributed by atoms with van der Waals surface area (Å²) < 4.78 is 0. The Hall–Kier alpha value is -1.92. The van der Waals surface area contributed by atoms with Gasteiger partial charge in [-0.2, -0.15) is 0 Å². The van der Waals surface area contributed by atoms with Gasteiger partial charge in [-0.25, -0.2) is 4.79 Å². The van der Waals surface area contributed by atoms with E-state index in [0.29, 0.717) is 37.0 Å². The summed E-state index contributed by atoms with van der Waals surface area (Å²) in [6, 6.07) is 8.30. The second-order valence-corrected chi connectivity index (χ2v) is 8.19. The first-order valence-corrected chi connectivity index (χ1v) is 11.7. The molecule has 1 aromatic carbocycles. The third kappa shape index (κ3) is 17.5. The summed E-state index contributed by atoms with van der Waals surface area (Å²) in [5.41, 5.74) is 0.331. The highest BCUT2D eigenvalue weighted by Gasteiger charge is 2.19. The Morgan fingerprint density at radius 3 is 1.58 bits per heavy atom. The summed E-state index contributed by atoms with van der Waals surface area (Å²) in [7, 11) is 0. The third-order valence-electron chi connectivity index (χ3n) is 5.50. The number of carboxylic acid groups (broad SMARTS) is 2. The van der Waals surface area contributed by atoms with Crippen LogP contribution in [0, 0.1) is 11.8 Å². The van der Waals surface area contributed by atoms with E-state index in [9.17, 15) is 9.59 Å². The van der Waals surface area contributed by atoms with Crippen molar-refractivity contribution in [1.82, 2.24) is 0 Å². The van der Waals surface area contributed by atoms with Gasteiger partial charge in [0.2, 0.25) is 0 Å². The molecule has 6 heteroatoms.